The second-order valence-corrected chi connectivity index (χ2v) is 5.52. The number of hydrogen-bond acceptors (Lipinski definition) is 4. The molecule has 3 rings (SSSR count). The van der Waals surface area contributed by atoms with Crippen molar-refractivity contribution in [3.05, 3.63) is 54.1 Å². The van der Waals surface area contributed by atoms with E-state index in [-0.39, 0.29) is 18.3 Å². The normalized spacial score (nSPS) is 16.8. The molecule has 0 saturated carbocycles. The molecule has 2 aromatic carbocycles. The Labute approximate surface area is 134 Å². The van der Waals surface area contributed by atoms with Gasteiger partial charge in [-0.15, -0.1) is 0 Å². The summed E-state index contributed by atoms with van der Waals surface area (Å²) in [5.74, 6) is 0.498. The molecule has 2 N–H and O–H groups in total. The van der Waals surface area contributed by atoms with Gasteiger partial charge in [0.25, 0.3) is 5.91 Å². The van der Waals surface area contributed by atoms with Crippen LogP contribution in [-0.2, 0) is 11.2 Å². The average Bonchev–Trinajstić information content (AvgIpc) is 2.56. The number of carbonyl (C=O) groups is 1. The summed E-state index contributed by atoms with van der Waals surface area (Å²) in [5, 5.41) is 18.7. The monoisotopic (exact) mass is 313 g/mol. The maximum absolute atomic E-state index is 12.7. The van der Waals surface area contributed by atoms with Crippen molar-refractivity contribution in [2.45, 2.75) is 18.9 Å². The third-order valence-corrected chi connectivity index (χ3v) is 3.85. The van der Waals surface area contributed by atoms with Gasteiger partial charge in [-0.25, -0.2) is 0 Å². The first-order valence-corrected chi connectivity index (χ1v) is 7.65. The van der Waals surface area contributed by atoms with Crippen LogP contribution in [0.1, 0.15) is 12.0 Å². The lowest BCUT2D eigenvalue weighted by Gasteiger charge is -2.34. The van der Waals surface area contributed by atoms with Gasteiger partial charge in [0.15, 0.2) is 6.10 Å². The third-order valence-electron chi connectivity index (χ3n) is 3.85. The molecule has 1 heterocycles. The number of nitrogens with zero attached hydrogens (tertiary/aromatic N) is 1. The summed E-state index contributed by atoms with van der Waals surface area (Å²) in [6, 6.07) is 14.4. The van der Waals surface area contributed by atoms with Crippen LogP contribution in [0.15, 0.2) is 48.5 Å². The van der Waals surface area contributed by atoms with Gasteiger partial charge in [0.1, 0.15) is 11.5 Å². The molecule has 0 fully saturated rings. The van der Waals surface area contributed by atoms with E-state index in [1.54, 1.807) is 17.0 Å². The van der Waals surface area contributed by atoms with Crippen molar-refractivity contribution in [1.82, 2.24) is 0 Å². The Morgan fingerprint density at radius 3 is 2.65 bits per heavy atom. The van der Waals surface area contributed by atoms with Gasteiger partial charge in [-0.2, -0.15) is 0 Å². The first-order valence-electron chi connectivity index (χ1n) is 7.65. The van der Waals surface area contributed by atoms with Crippen molar-refractivity contribution < 1.29 is 19.7 Å². The van der Waals surface area contributed by atoms with Gasteiger partial charge in [0.05, 0.1) is 5.69 Å². The summed E-state index contributed by atoms with van der Waals surface area (Å²) < 4.78 is 5.85. The minimum absolute atomic E-state index is 0.00212. The van der Waals surface area contributed by atoms with E-state index in [0.29, 0.717) is 30.8 Å². The lowest BCUT2D eigenvalue weighted by Crippen LogP contribution is -2.47. The average molecular weight is 313 g/mol. The van der Waals surface area contributed by atoms with Crippen LogP contribution in [0.3, 0.4) is 0 Å². The van der Waals surface area contributed by atoms with Gasteiger partial charge in [0.2, 0.25) is 0 Å². The Morgan fingerprint density at radius 2 is 1.91 bits per heavy atom. The van der Waals surface area contributed by atoms with Gasteiger partial charge < -0.3 is 19.8 Å². The number of amides is 1. The number of phenols is 1. The molecule has 0 spiro atoms. The summed E-state index contributed by atoms with van der Waals surface area (Å²) in [7, 11) is 0. The maximum atomic E-state index is 12.7. The molecule has 1 atom stereocenters. The number of aliphatic hydroxyl groups excluding tert-OH is 1. The number of benzene rings is 2. The molecule has 2 aromatic rings. The van der Waals surface area contributed by atoms with Crippen molar-refractivity contribution in [2.24, 2.45) is 0 Å². The first kappa shape index (κ1) is 15.4. The highest BCUT2D eigenvalue weighted by Gasteiger charge is 2.34. The van der Waals surface area contributed by atoms with Crippen molar-refractivity contribution in [3.63, 3.8) is 0 Å². The SMILES string of the molecule is O=C1C(Cc2ccccc2)Oc2ccc(O)cc2N1CCCO. The Hall–Kier alpha value is -2.53. The zero-order valence-electron chi connectivity index (χ0n) is 12.7. The quantitative estimate of drug-likeness (QED) is 0.887. The number of rotatable bonds is 5. The molecule has 1 aliphatic heterocycles. The van der Waals surface area contributed by atoms with Crippen LogP contribution in [-0.4, -0.2) is 35.4 Å². The van der Waals surface area contributed by atoms with Crippen LogP contribution >= 0.6 is 0 Å². The maximum Gasteiger partial charge on any atom is 0.268 e. The van der Waals surface area contributed by atoms with Gasteiger partial charge >= 0.3 is 0 Å². The van der Waals surface area contributed by atoms with Crippen LogP contribution < -0.4 is 9.64 Å². The fourth-order valence-electron chi connectivity index (χ4n) is 2.73. The Balaban J connectivity index is 1.89. The minimum atomic E-state index is -0.604. The topological polar surface area (TPSA) is 70.0 Å². The number of fused-ring (bicyclic) bond motifs is 1. The zero-order valence-corrected chi connectivity index (χ0v) is 12.7. The van der Waals surface area contributed by atoms with E-state index in [1.165, 1.54) is 6.07 Å². The van der Waals surface area contributed by atoms with E-state index < -0.39 is 6.10 Å². The molecule has 1 aliphatic rings. The fourth-order valence-corrected chi connectivity index (χ4v) is 2.73. The van der Waals surface area contributed by atoms with E-state index in [9.17, 15) is 9.90 Å². The predicted octanol–water partition coefficient (Wildman–Crippen LogP) is 2.11. The molecule has 0 radical (unpaired) electrons. The van der Waals surface area contributed by atoms with E-state index in [0.717, 1.165) is 5.56 Å². The Morgan fingerprint density at radius 1 is 1.13 bits per heavy atom. The number of carbonyl (C=O) groups excluding carboxylic acids is 1. The molecule has 0 bridgehead atoms. The van der Waals surface area contributed by atoms with Crippen LogP contribution in [0.25, 0.3) is 0 Å². The summed E-state index contributed by atoms with van der Waals surface area (Å²) in [6.45, 7) is 0.391. The molecule has 1 unspecified atom stereocenters. The highest BCUT2D eigenvalue weighted by Crippen LogP contribution is 2.37. The van der Waals surface area contributed by atoms with E-state index in [1.807, 2.05) is 30.3 Å². The molecule has 23 heavy (non-hydrogen) atoms. The molecule has 1 amide bonds. The molecule has 5 nitrogen and oxygen atoms in total. The Kier molecular flexibility index (Phi) is 4.48. The van der Waals surface area contributed by atoms with Gasteiger partial charge in [-0.3, -0.25) is 4.79 Å². The highest BCUT2D eigenvalue weighted by molar-refractivity contribution is 6.00. The number of phenolic OH excluding ortho intramolecular Hbond substituents is 1. The molecular formula is C18H19NO4. The number of hydrogen-bond donors (Lipinski definition) is 2. The highest BCUT2D eigenvalue weighted by atomic mass is 16.5. The molecular weight excluding hydrogens is 294 g/mol. The van der Waals surface area contributed by atoms with Gasteiger partial charge in [-0.05, 0) is 24.1 Å². The summed E-state index contributed by atoms with van der Waals surface area (Å²) in [4.78, 5) is 14.3. The van der Waals surface area contributed by atoms with Crippen molar-refractivity contribution in [2.75, 3.05) is 18.1 Å². The lowest BCUT2D eigenvalue weighted by atomic mass is 10.0. The fraction of sp³-hybridized carbons (Fsp3) is 0.278. The summed E-state index contributed by atoms with van der Waals surface area (Å²) in [5.41, 5.74) is 1.57. The van der Waals surface area contributed by atoms with Crippen molar-refractivity contribution in [3.8, 4) is 11.5 Å². The second kappa shape index (κ2) is 6.71. The minimum Gasteiger partial charge on any atom is -0.508 e. The molecule has 120 valence electrons. The van der Waals surface area contributed by atoms with Gasteiger partial charge in [-0.1, -0.05) is 30.3 Å². The van der Waals surface area contributed by atoms with Crippen LogP contribution in [0.5, 0.6) is 11.5 Å². The number of ether oxygens (including phenoxy) is 1. The lowest BCUT2D eigenvalue weighted by molar-refractivity contribution is -0.126. The molecule has 0 aliphatic carbocycles. The second-order valence-electron chi connectivity index (χ2n) is 5.52. The summed E-state index contributed by atoms with van der Waals surface area (Å²) >= 11 is 0. The van der Waals surface area contributed by atoms with E-state index in [2.05, 4.69) is 0 Å². The standard InChI is InChI=1S/C18H19NO4/c20-10-4-9-19-15-12-14(21)7-8-16(15)23-17(18(19)22)11-13-5-2-1-3-6-13/h1-3,5-8,12,17,20-21H,4,9-11H2. The van der Waals surface area contributed by atoms with Crippen molar-refractivity contribution >= 4 is 11.6 Å². The summed E-state index contributed by atoms with van der Waals surface area (Å²) in [6.07, 6.45) is 0.349. The van der Waals surface area contributed by atoms with E-state index in [4.69, 9.17) is 9.84 Å². The number of aliphatic hydroxyl groups is 1. The largest absolute Gasteiger partial charge is 0.508 e. The molecule has 5 heteroatoms. The number of anilines is 1. The zero-order chi connectivity index (χ0) is 16.2. The third kappa shape index (κ3) is 3.29. The predicted molar refractivity (Wildman–Crippen MR) is 86.7 cm³/mol. The van der Waals surface area contributed by atoms with Crippen LogP contribution in [0.4, 0.5) is 5.69 Å². The smallest absolute Gasteiger partial charge is 0.268 e. The van der Waals surface area contributed by atoms with Crippen LogP contribution in [0, 0.1) is 0 Å². The first-order chi connectivity index (χ1) is 11.2. The number of aromatic hydroxyl groups is 1. The van der Waals surface area contributed by atoms with E-state index >= 15 is 0 Å². The van der Waals surface area contributed by atoms with Crippen molar-refractivity contribution in [1.29, 1.82) is 0 Å². The van der Waals surface area contributed by atoms with Gasteiger partial charge in [0, 0.05) is 25.6 Å². The molecule has 0 aromatic heterocycles. The van der Waals surface area contributed by atoms with Crippen LogP contribution in [0.2, 0.25) is 0 Å². The molecule has 0 saturated heterocycles. The Bertz CT molecular complexity index is 687.